The predicted octanol–water partition coefficient (Wildman–Crippen LogP) is 5.40. The molecule has 0 aliphatic heterocycles. The van der Waals surface area contributed by atoms with Gasteiger partial charge >= 0.3 is 0 Å². The van der Waals surface area contributed by atoms with Gasteiger partial charge < -0.3 is 5.32 Å². The van der Waals surface area contributed by atoms with Gasteiger partial charge in [0.2, 0.25) is 5.91 Å². The third-order valence-electron chi connectivity index (χ3n) is 5.12. The van der Waals surface area contributed by atoms with Crippen LogP contribution in [0.4, 0.5) is 0 Å². The maximum atomic E-state index is 12.6. The molecule has 0 atom stereocenters. The third-order valence-corrected chi connectivity index (χ3v) is 6.09. The van der Waals surface area contributed by atoms with Crippen LogP contribution in [0.2, 0.25) is 0 Å². The summed E-state index contributed by atoms with van der Waals surface area (Å²) in [6, 6.07) is 18.4. The Morgan fingerprint density at radius 1 is 1.09 bits per heavy atom. The number of amides is 1. The molecule has 2 aromatic carbocycles. The summed E-state index contributed by atoms with van der Waals surface area (Å²) in [6.07, 6.45) is 10.6. The van der Waals surface area contributed by atoms with Crippen LogP contribution in [-0.2, 0) is 11.3 Å². The lowest BCUT2D eigenvalue weighted by Gasteiger charge is -2.13. The quantitative estimate of drug-likeness (QED) is 0.264. The molecule has 4 aromatic rings. The fourth-order valence-corrected chi connectivity index (χ4v) is 4.36. The molecule has 0 unspecified atom stereocenters. The van der Waals surface area contributed by atoms with Gasteiger partial charge in [0.05, 0.1) is 12.3 Å². The lowest BCUT2D eigenvalue weighted by Crippen LogP contribution is -2.23. The number of nitrogens with zero attached hydrogens (tertiary/aromatic N) is 4. The number of benzene rings is 2. The molecule has 4 rings (SSSR count). The summed E-state index contributed by atoms with van der Waals surface area (Å²) in [5, 5.41) is 14.8. The van der Waals surface area contributed by atoms with E-state index in [4.69, 9.17) is 0 Å². The van der Waals surface area contributed by atoms with Crippen LogP contribution in [0.25, 0.3) is 22.2 Å². The van der Waals surface area contributed by atoms with Gasteiger partial charge in [-0.15, -0.1) is 10.2 Å². The summed E-state index contributed by atoms with van der Waals surface area (Å²) < 4.78 is 2.06. The molecule has 34 heavy (non-hydrogen) atoms. The van der Waals surface area contributed by atoms with Crippen LogP contribution >= 0.6 is 11.8 Å². The van der Waals surface area contributed by atoms with Gasteiger partial charge in [-0.05, 0) is 47.5 Å². The Hall–Kier alpha value is -3.97. The van der Waals surface area contributed by atoms with Gasteiger partial charge in [-0.25, -0.2) is 0 Å². The molecule has 0 aliphatic carbocycles. The van der Waals surface area contributed by atoms with Crippen LogP contribution in [0.15, 0.2) is 109 Å². The summed E-state index contributed by atoms with van der Waals surface area (Å²) in [6.45, 7) is 6.17. The van der Waals surface area contributed by atoms with Crippen LogP contribution in [0, 0.1) is 0 Å². The molecule has 0 spiro atoms. The van der Waals surface area contributed by atoms with Crippen molar-refractivity contribution in [1.29, 1.82) is 0 Å². The summed E-state index contributed by atoms with van der Waals surface area (Å²) in [5.41, 5.74) is 2.77. The van der Waals surface area contributed by atoms with Crippen LogP contribution in [0.5, 0.6) is 0 Å². The zero-order chi connectivity index (χ0) is 23.8. The molecule has 0 saturated carbocycles. The number of allylic oxidation sites excluding steroid dienone is 4. The van der Waals surface area contributed by atoms with Crippen molar-refractivity contribution in [2.24, 2.45) is 0 Å². The second-order valence-corrected chi connectivity index (χ2v) is 8.40. The molecule has 0 bridgehead atoms. The second-order valence-electron chi connectivity index (χ2n) is 7.46. The number of hydrogen-bond donors (Lipinski definition) is 1. The molecular weight excluding hydrogens is 442 g/mol. The number of carbonyl (C=O) groups excluding carboxylic acids is 1. The fourth-order valence-electron chi connectivity index (χ4n) is 3.63. The monoisotopic (exact) mass is 467 g/mol. The molecule has 2 aromatic heterocycles. The van der Waals surface area contributed by atoms with E-state index in [0.29, 0.717) is 17.4 Å². The van der Waals surface area contributed by atoms with Crippen molar-refractivity contribution >= 4 is 28.4 Å². The van der Waals surface area contributed by atoms with Crippen molar-refractivity contribution in [3.05, 3.63) is 109 Å². The number of hydrogen-bond acceptors (Lipinski definition) is 5. The largest absolute Gasteiger partial charge is 0.325 e. The number of nitrogens with one attached hydrogen (secondary N) is 1. The smallest absolute Gasteiger partial charge is 0.234 e. The highest BCUT2D eigenvalue weighted by atomic mass is 32.2. The van der Waals surface area contributed by atoms with E-state index in [1.807, 2.05) is 43.3 Å². The summed E-state index contributed by atoms with van der Waals surface area (Å²) in [5.74, 6) is 0.816. The molecule has 2 heterocycles. The van der Waals surface area contributed by atoms with Crippen LogP contribution in [0.3, 0.4) is 0 Å². The average molecular weight is 468 g/mol. The maximum Gasteiger partial charge on any atom is 0.234 e. The maximum absolute atomic E-state index is 12.6. The Bertz CT molecular complexity index is 1350. The lowest BCUT2D eigenvalue weighted by atomic mass is 10.0. The average Bonchev–Trinajstić information content (AvgIpc) is 3.26. The van der Waals surface area contributed by atoms with Gasteiger partial charge in [-0.3, -0.25) is 14.3 Å². The molecule has 1 amide bonds. The summed E-state index contributed by atoms with van der Waals surface area (Å²) in [4.78, 5) is 16.7. The zero-order valence-electron chi connectivity index (χ0n) is 18.9. The zero-order valence-corrected chi connectivity index (χ0v) is 19.7. The fraction of sp³-hybridized carbons (Fsp3) is 0.111. The summed E-state index contributed by atoms with van der Waals surface area (Å²) in [7, 11) is 0. The molecule has 0 fully saturated rings. The van der Waals surface area contributed by atoms with Gasteiger partial charge in [0.1, 0.15) is 0 Å². The molecule has 7 heteroatoms. The molecule has 1 N–H and O–H groups in total. The standard InChI is InChI=1S/C27H25N5OS/c1-3-8-23(9-4-2)29-25(33)19-34-27-31-30-26(21-14-16-28-17-15-21)32(27)18-22-12-7-11-20-10-5-6-13-24(20)22/h3-17H,1,18-19H2,2H3,(H,29,33)/b9-4-,23-8+. The van der Waals surface area contributed by atoms with E-state index in [1.165, 1.54) is 22.5 Å². The Morgan fingerprint density at radius 3 is 2.68 bits per heavy atom. The Morgan fingerprint density at radius 2 is 1.88 bits per heavy atom. The van der Waals surface area contributed by atoms with Crippen molar-refractivity contribution < 1.29 is 4.79 Å². The first kappa shape index (κ1) is 23.2. The second kappa shape index (κ2) is 11.2. The molecule has 0 aliphatic rings. The Labute approximate surface area is 203 Å². The van der Waals surface area contributed by atoms with Crippen molar-refractivity contribution in [2.75, 3.05) is 5.75 Å². The van der Waals surface area contributed by atoms with E-state index in [-0.39, 0.29) is 11.7 Å². The van der Waals surface area contributed by atoms with Gasteiger partial charge in [-0.2, -0.15) is 0 Å². The predicted molar refractivity (Wildman–Crippen MR) is 138 cm³/mol. The number of pyridine rings is 1. The first-order valence-electron chi connectivity index (χ1n) is 10.9. The first-order valence-corrected chi connectivity index (χ1v) is 11.9. The van der Waals surface area contributed by atoms with E-state index in [0.717, 1.165) is 17.0 Å². The highest BCUT2D eigenvalue weighted by Crippen LogP contribution is 2.27. The van der Waals surface area contributed by atoms with Crippen molar-refractivity contribution in [3.8, 4) is 11.4 Å². The minimum absolute atomic E-state index is 0.124. The van der Waals surface area contributed by atoms with Crippen molar-refractivity contribution in [2.45, 2.75) is 18.6 Å². The normalized spacial score (nSPS) is 11.7. The Balaban J connectivity index is 1.63. The first-order chi connectivity index (χ1) is 16.7. The number of thioether (sulfide) groups is 1. The molecule has 0 saturated heterocycles. The number of fused-ring (bicyclic) bond motifs is 1. The van der Waals surface area contributed by atoms with Gasteiger partial charge in [0.25, 0.3) is 0 Å². The lowest BCUT2D eigenvalue weighted by molar-refractivity contribution is -0.117. The number of aromatic nitrogens is 4. The minimum Gasteiger partial charge on any atom is -0.325 e. The van der Waals surface area contributed by atoms with E-state index in [2.05, 4.69) is 62.0 Å². The molecule has 6 nitrogen and oxygen atoms in total. The highest BCUT2D eigenvalue weighted by Gasteiger charge is 2.17. The van der Waals surface area contributed by atoms with E-state index in [1.54, 1.807) is 24.5 Å². The van der Waals surface area contributed by atoms with Crippen LogP contribution < -0.4 is 5.32 Å². The van der Waals surface area contributed by atoms with Crippen molar-refractivity contribution in [3.63, 3.8) is 0 Å². The highest BCUT2D eigenvalue weighted by molar-refractivity contribution is 7.99. The summed E-state index contributed by atoms with van der Waals surface area (Å²) >= 11 is 1.36. The minimum atomic E-state index is -0.124. The molecule has 0 radical (unpaired) electrons. The van der Waals surface area contributed by atoms with Gasteiger partial charge in [-0.1, -0.05) is 73.0 Å². The molecular formula is C27H25N5OS. The SMILES string of the molecule is C=C/C=C(\C=C/C)NC(=O)CSc1nnc(-c2ccncc2)n1Cc1cccc2ccccc12. The van der Waals surface area contributed by atoms with Gasteiger partial charge in [0, 0.05) is 23.7 Å². The van der Waals surface area contributed by atoms with E-state index < -0.39 is 0 Å². The van der Waals surface area contributed by atoms with Crippen LogP contribution in [0.1, 0.15) is 12.5 Å². The van der Waals surface area contributed by atoms with E-state index >= 15 is 0 Å². The number of rotatable bonds is 9. The van der Waals surface area contributed by atoms with Crippen LogP contribution in [-0.4, -0.2) is 31.4 Å². The Kier molecular flexibility index (Phi) is 7.67. The topological polar surface area (TPSA) is 72.7 Å². The van der Waals surface area contributed by atoms with Crippen molar-refractivity contribution in [1.82, 2.24) is 25.1 Å². The third kappa shape index (κ3) is 5.50. The van der Waals surface area contributed by atoms with E-state index in [9.17, 15) is 4.79 Å². The number of carbonyl (C=O) groups is 1. The van der Waals surface area contributed by atoms with Gasteiger partial charge in [0.15, 0.2) is 11.0 Å². The molecule has 170 valence electrons.